The van der Waals surface area contributed by atoms with Crippen LogP contribution in [0, 0.1) is 11.7 Å². The third kappa shape index (κ3) is 8.50. The van der Waals surface area contributed by atoms with E-state index in [0.29, 0.717) is 23.5 Å². The van der Waals surface area contributed by atoms with Crippen molar-refractivity contribution in [1.29, 1.82) is 0 Å². The quantitative estimate of drug-likeness (QED) is 0.191. The molecule has 1 heterocycles. The Bertz CT molecular complexity index is 1430. The minimum Gasteiger partial charge on any atom is -0.480 e. The first-order valence-corrected chi connectivity index (χ1v) is 15.0. The Labute approximate surface area is 236 Å². The van der Waals surface area contributed by atoms with Gasteiger partial charge in [-0.3, -0.25) is 9.59 Å². The van der Waals surface area contributed by atoms with E-state index in [1.54, 1.807) is 0 Å². The van der Waals surface area contributed by atoms with Crippen molar-refractivity contribution < 1.29 is 27.5 Å². The first kappa shape index (κ1) is 30.6. The molecule has 3 aromatic rings. The zero-order valence-corrected chi connectivity index (χ0v) is 23.9. The normalized spacial score (nSPS) is 13.3. The summed E-state index contributed by atoms with van der Waals surface area (Å²) >= 11 is 7.25. The van der Waals surface area contributed by atoms with Crippen LogP contribution in [0.15, 0.2) is 65.7 Å². The lowest BCUT2D eigenvalue weighted by Crippen LogP contribution is -2.42. The van der Waals surface area contributed by atoms with E-state index in [9.17, 15) is 27.5 Å². The van der Waals surface area contributed by atoms with Crippen molar-refractivity contribution in [1.82, 2.24) is 15.4 Å². The van der Waals surface area contributed by atoms with Crippen LogP contribution >= 0.6 is 22.9 Å². The van der Waals surface area contributed by atoms with Gasteiger partial charge in [0.05, 0.1) is 15.9 Å². The molecule has 1 aromatic heterocycles. The van der Waals surface area contributed by atoms with Crippen LogP contribution < -0.4 is 15.4 Å². The van der Waals surface area contributed by atoms with E-state index in [2.05, 4.69) is 21.9 Å². The number of carbonyl (C=O) groups is 2. The molecule has 2 aromatic carbocycles. The lowest BCUT2D eigenvalue weighted by molar-refractivity contribution is -0.139. The SMILES string of the molecule is C=C(NCCC[C@@H](NS(=O)(=O)c1ccc(F)cc1Cl)C(=O)O)[C@H](CC(C)C)NC(=O)c1cc2ccccc2s1. The van der Waals surface area contributed by atoms with Crippen molar-refractivity contribution in [3.63, 3.8) is 0 Å². The van der Waals surface area contributed by atoms with E-state index in [1.165, 1.54) is 11.3 Å². The molecular weight excluding hydrogens is 565 g/mol. The highest BCUT2D eigenvalue weighted by Crippen LogP contribution is 2.26. The summed E-state index contributed by atoms with van der Waals surface area (Å²) in [6.07, 6.45) is 0.892. The summed E-state index contributed by atoms with van der Waals surface area (Å²) in [5, 5.41) is 16.4. The molecule has 39 heavy (non-hydrogen) atoms. The molecule has 0 aliphatic heterocycles. The highest BCUT2D eigenvalue weighted by atomic mass is 35.5. The molecule has 0 saturated carbocycles. The van der Waals surface area contributed by atoms with Crippen molar-refractivity contribution in [2.45, 2.75) is 50.1 Å². The molecule has 0 aliphatic carbocycles. The van der Waals surface area contributed by atoms with Crippen LogP contribution in [0.2, 0.25) is 5.02 Å². The second kappa shape index (κ2) is 13.4. The van der Waals surface area contributed by atoms with Crippen LogP contribution in [0.25, 0.3) is 10.1 Å². The third-order valence-electron chi connectivity index (χ3n) is 5.88. The van der Waals surface area contributed by atoms with Crippen molar-refractivity contribution in [2.75, 3.05) is 6.54 Å². The second-order valence-electron chi connectivity index (χ2n) is 9.49. The summed E-state index contributed by atoms with van der Waals surface area (Å²) in [4.78, 5) is 24.9. The predicted molar refractivity (Wildman–Crippen MR) is 152 cm³/mol. The molecule has 0 saturated heterocycles. The number of nitrogens with one attached hydrogen (secondary N) is 3. The number of fused-ring (bicyclic) bond motifs is 1. The van der Waals surface area contributed by atoms with Crippen LogP contribution in [-0.2, 0) is 14.8 Å². The molecule has 3 rings (SSSR count). The zero-order valence-electron chi connectivity index (χ0n) is 21.5. The number of thiophene rings is 1. The lowest BCUT2D eigenvalue weighted by Gasteiger charge is -2.24. The largest absolute Gasteiger partial charge is 0.480 e. The number of carbonyl (C=O) groups excluding carboxylic acids is 1. The van der Waals surface area contributed by atoms with Crippen LogP contribution in [0.4, 0.5) is 4.39 Å². The smallest absolute Gasteiger partial charge is 0.321 e. The lowest BCUT2D eigenvalue weighted by atomic mass is 10.0. The van der Waals surface area contributed by atoms with E-state index in [1.807, 2.05) is 44.2 Å². The number of benzene rings is 2. The molecule has 1 amide bonds. The third-order valence-corrected chi connectivity index (χ3v) is 8.95. The number of rotatable bonds is 14. The van der Waals surface area contributed by atoms with Gasteiger partial charge in [-0.25, -0.2) is 12.8 Å². The Balaban J connectivity index is 1.57. The number of hydrogen-bond donors (Lipinski definition) is 4. The van der Waals surface area contributed by atoms with Gasteiger partial charge in [0.1, 0.15) is 16.8 Å². The van der Waals surface area contributed by atoms with Crippen molar-refractivity contribution >= 4 is 54.9 Å². The minimum atomic E-state index is -4.30. The van der Waals surface area contributed by atoms with Gasteiger partial charge in [-0.05, 0) is 60.9 Å². The highest BCUT2D eigenvalue weighted by Gasteiger charge is 2.27. The van der Waals surface area contributed by atoms with E-state index in [0.717, 1.165) is 28.3 Å². The standard InChI is InChI=1S/C27H31ClFN3O5S2/c1-16(2)13-22(31-26(33)24-14-18-7-4-5-9-23(18)38-24)17(3)30-12-6-8-21(27(34)35)32-39(36,37)25-11-10-19(29)15-20(25)28/h4-5,7,9-11,14-16,21-22,30,32H,3,6,8,12-13H2,1-2H3,(H,31,33)(H,34,35)/t21-,22+/m1/s1. The maximum Gasteiger partial charge on any atom is 0.321 e. The number of carboxylic acids is 1. The first-order chi connectivity index (χ1) is 18.4. The molecule has 0 aliphatic rings. The van der Waals surface area contributed by atoms with E-state index >= 15 is 0 Å². The van der Waals surface area contributed by atoms with Crippen molar-refractivity contribution in [3.05, 3.63) is 76.5 Å². The van der Waals surface area contributed by atoms with Crippen molar-refractivity contribution in [2.24, 2.45) is 5.92 Å². The number of carboxylic acid groups (broad SMARTS) is 1. The van der Waals surface area contributed by atoms with Crippen LogP contribution in [0.1, 0.15) is 42.8 Å². The fraction of sp³-hybridized carbons (Fsp3) is 0.333. The summed E-state index contributed by atoms with van der Waals surface area (Å²) in [5.41, 5.74) is 0.573. The van der Waals surface area contributed by atoms with Gasteiger partial charge < -0.3 is 15.7 Å². The summed E-state index contributed by atoms with van der Waals surface area (Å²) in [5.74, 6) is -2.01. The van der Waals surface area contributed by atoms with Crippen LogP contribution in [-0.4, -0.2) is 44.0 Å². The Morgan fingerprint density at radius 3 is 2.49 bits per heavy atom. The molecular formula is C27H31ClFN3O5S2. The first-order valence-electron chi connectivity index (χ1n) is 12.3. The topological polar surface area (TPSA) is 125 Å². The molecule has 2 atom stereocenters. The molecule has 4 N–H and O–H groups in total. The van der Waals surface area contributed by atoms with Gasteiger partial charge >= 0.3 is 5.97 Å². The molecule has 0 fully saturated rings. The molecule has 0 unspecified atom stereocenters. The molecule has 0 radical (unpaired) electrons. The number of hydrogen-bond acceptors (Lipinski definition) is 6. The molecule has 210 valence electrons. The van der Waals surface area contributed by atoms with E-state index < -0.39 is 32.7 Å². The Kier molecular flexibility index (Phi) is 10.5. The Morgan fingerprint density at radius 2 is 1.85 bits per heavy atom. The fourth-order valence-corrected chi connectivity index (χ4v) is 6.66. The predicted octanol–water partition coefficient (Wildman–Crippen LogP) is 5.15. The average Bonchev–Trinajstić information content (AvgIpc) is 3.29. The van der Waals surface area contributed by atoms with Crippen molar-refractivity contribution in [3.8, 4) is 0 Å². The molecule has 12 heteroatoms. The number of sulfonamides is 1. The highest BCUT2D eigenvalue weighted by molar-refractivity contribution is 7.89. The Hall–Kier alpha value is -2.99. The van der Waals surface area contributed by atoms with Gasteiger partial charge in [0.2, 0.25) is 10.0 Å². The van der Waals surface area contributed by atoms with Gasteiger partial charge in [0.25, 0.3) is 5.91 Å². The van der Waals surface area contributed by atoms with Gasteiger partial charge in [0, 0.05) is 16.9 Å². The fourth-order valence-electron chi connectivity index (χ4n) is 3.94. The molecule has 0 spiro atoms. The zero-order chi connectivity index (χ0) is 28.7. The minimum absolute atomic E-state index is 0.0311. The van der Waals surface area contributed by atoms with E-state index in [4.69, 9.17) is 11.6 Å². The maximum absolute atomic E-state index is 13.3. The average molecular weight is 596 g/mol. The number of amides is 1. The van der Waals surface area contributed by atoms with Gasteiger partial charge in [-0.1, -0.05) is 50.2 Å². The second-order valence-corrected chi connectivity index (χ2v) is 12.7. The van der Waals surface area contributed by atoms with Crippen LogP contribution in [0.3, 0.4) is 0 Å². The van der Waals surface area contributed by atoms with Gasteiger partial charge in [-0.15, -0.1) is 11.3 Å². The number of halogens is 2. The van der Waals surface area contributed by atoms with Gasteiger partial charge in [-0.2, -0.15) is 4.72 Å². The Morgan fingerprint density at radius 1 is 1.13 bits per heavy atom. The molecule has 0 bridgehead atoms. The van der Waals surface area contributed by atoms with E-state index in [-0.39, 0.29) is 35.7 Å². The summed E-state index contributed by atoms with van der Waals surface area (Å²) in [7, 11) is -4.30. The monoisotopic (exact) mass is 595 g/mol. The van der Waals surface area contributed by atoms with Crippen LogP contribution in [0.5, 0.6) is 0 Å². The summed E-state index contributed by atoms with van der Waals surface area (Å²) in [6.45, 7) is 8.43. The summed E-state index contributed by atoms with van der Waals surface area (Å²) in [6, 6.07) is 10.6. The number of aliphatic carboxylic acids is 1. The molecule has 8 nitrogen and oxygen atoms in total. The summed E-state index contributed by atoms with van der Waals surface area (Å²) < 4.78 is 41.7. The maximum atomic E-state index is 13.3. The van der Waals surface area contributed by atoms with Gasteiger partial charge in [0.15, 0.2) is 0 Å².